The van der Waals surface area contributed by atoms with Gasteiger partial charge in [0, 0.05) is 12.8 Å². The minimum Gasteiger partial charge on any atom is -0.480 e. The molecule has 0 heterocycles. The zero-order valence-corrected chi connectivity index (χ0v) is 39.9. The van der Waals surface area contributed by atoms with E-state index < -0.39 is 57.6 Å². The number of ether oxygens (including phenoxy) is 1. The molecule has 0 radical (unpaired) electrons. The highest BCUT2D eigenvalue weighted by Gasteiger charge is 2.28. The summed E-state index contributed by atoms with van der Waals surface area (Å²) >= 11 is 0. The van der Waals surface area contributed by atoms with Crippen LogP contribution in [0.25, 0.3) is 0 Å². The average molecular weight is 912 g/mol. The molecule has 0 aromatic heterocycles. The quantitative estimate of drug-likeness (QED) is 0.0200. The molecule has 0 fully saturated rings. The fourth-order valence-electron chi connectivity index (χ4n) is 5.67. The number of hydrogen-bond donors (Lipinski definition) is 4. The Balaban J connectivity index is 4.02. The number of amides is 1. The molecule has 0 spiro atoms. The van der Waals surface area contributed by atoms with Crippen LogP contribution >= 0.6 is 7.82 Å². The van der Waals surface area contributed by atoms with Gasteiger partial charge in [-0.1, -0.05) is 167 Å². The predicted octanol–water partition coefficient (Wildman–Crippen LogP) is 12.8. The molecule has 0 aromatic rings. The molecule has 0 aromatic carbocycles. The average Bonchev–Trinajstić information content (AvgIpc) is 3.27. The zero-order chi connectivity index (χ0) is 47.0. The molecule has 0 rings (SSSR count). The lowest BCUT2D eigenvalue weighted by Gasteiger charge is -2.18. The molecule has 4 N–H and O–H groups in total. The summed E-state index contributed by atoms with van der Waals surface area (Å²) in [5.74, 6) is -2.49. The van der Waals surface area contributed by atoms with Crippen LogP contribution in [0.4, 0.5) is 0 Å². The van der Waals surface area contributed by atoms with Gasteiger partial charge in [-0.05, 0) is 96.3 Å². The Labute approximate surface area is 386 Å². The highest BCUT2D eigenvalue weighted by molar-refractivity contribution is 7.47. The molecule has 0 aliphatic carbocycles. The Kier molecular flexibility index (Phi) is 42.5. The monoisotopic (exact) mass is 912 g/mol. The van der Waals surface area contributed by atoms with Crippen LogP contribution in [0.2, 0.25) is 0 Å². The first kappa shape index (κ1) is 59.9. The van der Waals surface area contributed by atoms with Crippen molar-refractivity contribution in [1.82, 2.24) is 5.32 Å². The number of allylic oxidation sites excluding steroid dienone is 20. The van der Waals surface area contributed by atoms with Crippen molar-refractivity contribution in [2.24, 2.45) is 0 Å². The van der Waals surface area contributed by atoms with Crippen LogP contribution in [-0.4, -0.2) is 64.9 Å². The van der Waals surface area contributed by atoms with E-state index in [1.807, 2.05) is 12.2 Å². The number of esters is 1. The van der Waals surface area contributed by atoms with Gasteiger partial charge in [0.1, 0.15) is 12.7 Å². The molecule has 360 valence electrons. The Morgan fingerprint density at radius 1 is 0.500 bits per heavy atom. The van der Waals surface area contributed by atoms with E-state index in [0.717, 1.165) is 96.3 Å². The van der Waals surface area contributed by atoms with Crippen molar-refractivity contribution in [1.29, 1.82) is 0 Å². The van der Waals surface area contributed by atoms with Crippen LogP contribution in [-0.2, 0) is 32.7 Å². The van der Waals surface area contributed by atoms with Gasteiger partial charge in [0.2, 0.25) is 5.91 Å². The summed E-state index contributed by atoms with van der Waals surface area (Å²) in [4.78, 5) is 46.0. The number of phosphoric acid groups is 1. The van der Waals surface area contributed by atoms with Gasteiger partial charge in [0.05, 0.1) is 13.2 Å². The Morgan fingerprint density at radius 2 is 0.875 bits per heavy atom. The first-order chi connectivity index (χ1) is 31.1. The van der Waals surface area contributed by atoms with Crippen LogP contribution in [0.3, 0.4) is 0 Å². The number of aliphatic hydroxyl groups is 1. The molecule has 0 saturated heterocycles. The van der Waals surface area contributed by atoms with E-state index in [0.29, 0.717) is 19.3 Å². The highest BCUT2D eigenvalue weighted by Crippen LogP contribution is 2.43. The maximum absolute atomic E-state index is 12.3. The van der Waals surface area contributed by atoms with E-state index >= 15 is 0 Å². The van der Waals surface area contributed by atoms with Gasteiger partial charge in [-0.3, -0.25) is 18.6 Å². The molecular formula is C52H82NO10P. The zero-order valence-electron chi connectivity index (χ0n) is 39.0. The van der Waals surface area contributed by atoms with Crippen molar-refractivity contribution < 1.29 is 47.8 Å². The molecule has 64 heavy (non-hydrogen) atoms. The highest BCUT2D eigenvalue weighted by atomic mass is 31.2. The topological polar surface area (TPSA) is 169 Å². The largest absolute Gasteiger partial charge is 0.480 e. The van der Waals surface area contributed by atoms with E-state index in [4.69, 9.17) is 13.8 Å². The number of carbonyl (C=O) groups excluding carboxylic acids is 2. The smallest absolute Gasteiger partial charge is 0.472 e. The third kappa shape index (κ3) is 44.5. The van der Waals surface area contributed by atoms with Crippen molar-refractivity contribution in [3.63, 3.8) is 0 Å². The summed E-state index contributed by atoms with van der Waals surface area (Å²) in [7, 11) is -4.79. The van der Waals surface area contributed by atoms with Crippen molar-refractivity contribution in [2.45, 2.75) is 167 Å². The van der Waals surface area contributed by atoms with Crippen LogP contribution in [0, 0.1) is 0 Å². The summed E-state index contributed by atoms with van der Waals surface area (Å²) in [5, 5.41) is 21.8. The third-order valence-corrected chi connectivity index (χ3v) is 10.2. The fourth-order valence-corrected chi connectivity index (χ4v) is 6.44. The van der Waals surface area contributed by atoms with Crippen LogP contribution in [0.15, 0.2) is 122 Å². The summed E-state index contributed by atoms with van der Waals surface area (Å²) in [6.45, 7) is 2.30. The Hall–Kier alpha value is -4.12. The van der Waals surface area contributed by atoms with Crippen molar-refractivity contribution in [3.05, 3.63) is 122 Å². The van der Waals surface area contributed by atoms with Gasteiger partial charge in [-0.25, -0.2) is 9.36 Å². The number of carboxylic acid groups (broad SMARTS) is 1. The van der Waals surface area contributed by atoms with Crippen molar-refractivity contribution in [3.8, 4) is 0 Å². The lowest BCUT2D eigenvalue weighted by atomic mass is 10.1. The van der Waals surface area contributed by atoms with E-state index in [1.54, 1.807) is 0 Å². The molecule has 3 atom stereocenters. The summed E-state index contributed by atoms with van der Waals surface area (Å²) in [6.07, 6.45) is 60.8. The molecule has 3 unspecified atom stereocenters. The molecule has 0 saturated carbocycles. The maximum atomic E-state index is 12.3. The van der Waals surface area contributed by atoms with Crippen LogP contribution in [0.5, 0.6) is 0 Å². The molecule has 11 nitrogen and oxygen atoms in total. The number of carbonyl (C=O) groups is 3. The maximum Gasteiger partial charge on any atom is 0.472 e. The van der Waals surface area contributed by atoms with Crippen molar-refractivity contribution in [2.75, 3.05) is 19.8 Å². The Bertz CT molecular complexity index is 1540. The Morgan fingerprint density at radius 3 is 1.31 bits per heavy atom. The molecule has 0 aliphatic heterocycles. The normalized spacial score (nSPS) is 14.7. The number of rotatable bonds is 42. The molecular weight excluding hydrogens is 830 g/mol. The molecule has 0 aliphatic rings. The summed E-state index contributed by atoms with van der Waals surface area (Å²) in [5.41, 5.74) is 0. The van der Waals surface area contributed by atoms with Gasteiger partial charge in [0.25, 0.3) is 0 Å². The standard InChI is InChI=1S/C52H82NO10P/c1-3-5-7-9-11-13-15-17-19-21-22-23-24-25-26-28-29-31-33-35-37-39-41-43-50(55)53-49(52(57)58)47-63-64(59,60)62-46-48(54)45-61-51(56)44-42-40-38-36-34-32-30-27-20-18-16-14-12-10-8-6-4-2/h5-8,11-14,17-20,22-23,25-26,29,31,35,37,48-49,54H,3-4,9-10,15-16,21,24,27-28,30,32-34,36,38-47H2,1-2H3,(H,53,55)(H,57,58)(H,59,60)/b7-5-,8-6-,13-11-,14-12-,19-17-,20-18-,23-22-,26-25-,31-29-,37-35-. The van der Waals surface area contributed by atoms with Crippen molar-refractivity contribution >= 4 is 25.7 Å². The van der Waals surface area contributed by atoms with Gasteiger partial charge in [0.15, 0.2) is 6.04 Å². The van der Waals surface area contributed by atoms with Gasteiger partial charge >= 0.3 is 19.8 Å². The van der Waals surface area contributed by atoms with E-state index in [2.05, 4.69) is 129 Å². The van der Waals surface area contributed by atoms with E-state index in [1.165, 1.54) is 12.8 Å². The number of nitrogens with one attached hydrogen (secondary N) is 1. The van der Waals surface area contributed by atoms with E-state index in [-0.39, 0.29) is 12.8 Å². The SMILES string of the molecule is CC/C=C\C/C=C\C/C=C\C/C=C\C/C=C\C/C=C\C/C=C\CCCC(=O)NC(COP(=O)(O)OCC(O)COC(=O)CCCCCCCCC/C=C\C/C=C\C/C=C\CC)C(=O)O. The van der Waals surface area contributed by atoms with Gasteiger partial charge < -0.3 is 25.2 Å². The minimum atomic E-state index is -4.79. The first-order valence-corrected chi connectivity index (χ1v) is 25.1. The molecule has 1 amide bonds. The second-order valence-electron chi connectivity index (χ2n) is 15.2. The number of hydrogen-bond acceptors (Lipinski definition) is 8. The lowest BCUT2D eigenvalue weighted by molar-refractivity contribution is -0.147. The number of unbranched alkanes of at least 4 members (excludes halogenated alkanes) is 8. The summed E-state index contributed by atoms with van der Waals surface area (Å²) in [6, 6.07) is -1.59. The number of aliphatic hydroxyl groups excluding tert-OH is 1. The first-order valence-electron chi connectivity index (χ1n) is 23.6. The minimum absolute atomic E-state index is 0.0569. The lowest BCUT2D eigenvalue weighted by Crippen LogP contribution is -2.43. The third-order valence-electron chi connectivity index (χ3n) is 9.25. The predicted molar refractivity (Wildman–Crippen MR) is 263 cm³/mol. The summed E-state index contributed by atoms with van der Waals surface area (Å²) < 4.78 is 26.9. The van der Waals surface area contributed by atoms with E-state index in [9.17, 15) is 34.1 Å². The fraction of sp³-hybridized carbons (Fsp3) is 0.558. The van der Waals surface area contributed by atoms with Gasteiger partial charge in [-0.2, -0.15) is 0 Å². The second kappa shape index (κ2) is 45.4. The second-order valence-corrected chi connectivity index (χ2v) is 16.6. The van der Waals surface area contributed by atoms with Crippen LogP contribution < -0.4 is 5.32 Å². The van der Waals surface area contributed by atoms with Crippen LogP contribution in [0.1, 0.15) is 155 Å². The van der Waals surface area contributed by atoms with Gasteiger partial charge in [-0.15, -0.1) is 0 Å². The molecule has 12 heteroatoms. The number of aliphatic carboxylic acids is 1. The number of phosphoric ester groups is 1. The molecule has 0 bridgehead atoms. The number of carboxylic acids is 1.